The number of nitrogens with one attached hydrogen (secondary N) is 2. The predicted molar refractivity (Wildman–Crippen MR) is 115 cm³/mol. The van der Waals surface area contributed by atoms with Crippen LogP contribution < -0.4 is 20.1 Å². The lowest BCUT2D eigenvalue weighted by Gasteiger charge is -2.12. The third-order valence-corrected chi connectivity index (χ3v) is 4.26. The van der Waals surface area contributed by atoms with Gasteiger partial charge < -0.3 is 20.1 Å². The molecule has 0 heterocycles. The van der Waals surface area contributed by atoms with Crippen molar-refractivity contribution in [2.45, 2.75) is 46.0 Å². The van der Waals surface area contributed by atoms with Crippen molar-refractivity contribution in [1.29, 1.82) is 0 Å². The molecule has 0 aliphatic carbocycles. The maximum atomic E-state index is 12.3. The van der Waals surface area contributed by atoms with Crippen molar-refractivity contribution >= 4 is 17.3 Å². The SMILES string of the molecule is CCCCCCCOc1cccc(NCC(=O)Nc2ccccc2OCC)c1. The Balaban J connectivity index is 1.77. The van der Waals surface area contributed by atoms with Crippen LogP contribution in [0.15, 0.2) is 48.5 Å². The van der Waals surface area contributed by atoms with Crippen molar-refractivity contribution < 1.29 is 14.3 Å². The molecule has 0 radical (unpaired) electrons. The quantitative estimate of drug-likeness (QED) is 0.449. The minimum Gasteiger partial charge on any atom is -0.494 e. The molecule has 1 amide bonds. The average molecular weight is 385 g/mol. The summed E-state index contributed by atoms with van der Waals surface area (Å²) in [7, 11) is 0. The maximum absolute atomic E-state index is 12.3. The molecule has 0 aliphatic heterocycles. The van der Waals surface area contributed by atoms with E-state index >= 15 is 0 Å². The summed E-state index contributed by atoms with van der Waals surface area (Å²) in [6.07, 6.45) is 6.08. The van der Waals surface area contributed by atoms with E-state index < -0.39 is 0 Å². The fourth-order valence-electron chi connectivity index (χ4n) is 2.82. The Kier molecular flexibility index (Phi) is 9.76. The van der Waals surface area contributed by atoms with Crippen LogP contribution in [0.3, 0.4) is 0 Å². The lowest BCUT2D eigenvalue weighted by molar-refractivity contribution is -0.114. The summed E-state index contributed by atoms with van der Waals surface area (Å²) in [5.74, 6) is 1.37. The van der Waals surface area contributed by atoms with E-state index in [0.29, 0.717) is 18.0 Å². The van der Waals surface area contributed by atoms with Crippen LogP contribution in [-0.2, 0) is 4.79 Å². The van der Waals surface area contributed by atoms with E-state index in [1.165, 1.54) is 25.7 Å². The highest BCUT2D eigenvalue weighted by Gasteiger charge is 2.07. The molecule has 0 fully saturated rings. The number of carbonyl (C=O) groups is 1. The van der Waals surface area contributed by atoms with E-state index in [1.807, 2.05) is 55.5 Å². The summed E-state index contributed by atoms with van der Waals surface area (Å²) >= 11 is 0. The molecule has 0 aliphatic rings. The van der Waals surface area contributed by atoms with E-state index in [1.54, 1.807) is 0 Å². The van der Waals surface area contributed by atoms with E-state index in [0.717, 1.165) is 24.5 Å². The zero-order valence-electron chi connectivity index (χ0n) is 17.0. The van der Waals surface area contributed by atoms with Crippen LogP contribution in [-0.4, -0.2) is 25.7 Å². The second-order valence-corrected chi connectivity index (χ2v) is 6.62. The first kappa shape index (κ1) is 21.6. The summed E-state index contributed by atoms with van der Waals surface area (Å²) in [5, 5.41) is 6.02. The Hall–Kier alpha value is -2.69. The molecule has 2 aromatic carbocycles. The molecule has 2 N–H and O–H groups in total. The summed E-state index contributed by atoms with van der Waals surface area (Å²) in [4.78, 5) is 12.3. The Bertz CT molecular complexity index is 718. The third kappa shape index (κ3) is 7.91. The van der Waals surface area contributed by atoms with E-state index in [2.05, 4.69) is 17.6 Å². The molecule has 0 spiro atoms. The number of para-hydroxylation sites is 2. The lowest BCUT2D eigenvalue weighted by Crippen LogP contribution is -2.22. The second-order valence-electron chi connectivity index (χ2n) is 6.62. The van der Waals surface area contributed by atoms with Crippen LogP contribution in [0.2, 0.25) is 0 Å². The van der Waals surface area contributed by atoms with Gasteiger partial charge in [-0.2, -0.15) is 0 Å². The molecule has 0 bridgehead atoms. The number of rotatable bonds is 13. The minimum absolute atomic E-state index is 0.130. The zero-order valence-corrected chi connectivity index (χ0v) is 17.0. The van der Waals surface area contributed by atoms with Crippen LogP contribution in [0.25, 0.3) is 0 Å². The van der Waals surface area contributed by atoms with Crippen LogP contribution in [0.4, 0.5) is 11.4 Å². The second kappa shape index (κ2) is 12.7. The van der Waals surface area contributed by atoms with Gasteiger partial charge in [0.2, 0.25) is 5.91 Å². The molecule has 2 aromatic rings. The van der Waals surface area contributed by atoms with Gasteiger partial charge in [-0.05, 0) is 37.6 Å². The molecule has 5 heteroatoms. The van der Waals surface area contributed by atoms with Crippen LogP contribution in [0.5, 0.6) is 11.5 Å². The van der Waals surface area contributed by atoms with E-state index in [4.69, 9.17) is 9.47 Å². The fourth-order valence-corrected chi connectivity index (χ4v) is 2.82. The van der Waals surface area contributed by atoms with Gasteiger partial charge in [-0.1, -0.05) is 50.8 Å². The van der Waals surface area contributed by atoms with Crippen molar-refractivity contribution in [1.82, 2.24) is 0 Å². The number of amides is 1. The van der Waals surface area contributed by atoms with Crippen molar-refractivity contribution in [3.8, 4) is 11.5 Å². The summed E-state index contributed by atoms with van der Waals surface area (Å²) < 4.78 is 11.3. The summed E-state index contributed by atoms with van der Waals surface area (Å²) in [6.45, 7) is 5.58. The first-order valence-corrected chi connectivity index (χ1v) is 10.2. The highest BCUT2D eigenvalue weighted by Crippen LogP contribution is 2.23. The maximum Gasteiger partial charge on any atom is 0.243 e. The monoisotopic (exact) mass is 384 g/mol. The average Bonchev–Trinajstić information content (AvgIpc) is 2.71. The number of ether oxygens (including phenoxy) is 2. The number of anilines is 2. The summed E-state index contributed by atoms with van der Waals surface area (Å²) in [6, 6.07) is 15.1. The number of hydrogen-bond donors (Lipinski definition) is 2. The van der Waals surface area contributed by atoms with Crippen LogP contribution in [0, 0.1) is 0 Å². The molecule has 0 unspecified atom stereocenters. The smallest absolute Gasteiger partial charge is 0.243 e. The first-order valence-electron chi connectivity index (χ1n) is 10.2. The standard InChI is InChI=1S/C23H32N2O3/c1-3-5-6-7-10-16-28-20-13-11-12-19(17-20)24-18-23(26)25-21-14-8-9-15-22(21)27-4-2/h8-9,11-15,17,24H,3-7,10,16,18H2,1-2H3,(H,25,26). The topological polar surface area (TPSA) is 59.6 Å². The van der Waals surface area contributed by atoms with E-state index in [-0.39, 0.29) is 12.5 Å². The fraction of sp³-hybridized carbons (Fsp3) is 0.435. The van der Waals surface area contributed by atoms with Gasteiger partial charge in [0.15, 0.2) is 0 Å². The third-order valence-electron chi connectivity index (χ3n) is 4.26. The summed E-state index contributed by atoms with van der Waals surface area (Å²) in [5.41, 5.74) is 1.54. The van der Waals surface area contributed by atoms with Crippen LogP contribution >= 0.6 is 0 Å². The van der Waals surface area contributed by atoms with Crippen molar-refractivity contribution in [3.05, 3.63) is 48.5 Å². The predicted octanol–water partition coefficient (Wildman–Crippen LogP) is 5.49. The normalized spacial score (nSPS) is 10.4. The van der Waals surface area contributed by atoms with Crippen molar-refractivity contribution in [2.75, 3.05) is 30.4 Å². The van der Waals surface area contributed by atoms with Gasteiger partial charge in [-0.25, -0.2) is 0 Å². The highest BCUT2D eigenvalue weighted by atomic mass is 16.5. The molecule has 2 rings (SSSR count). The Morgan fingerprint density at radius 2 is 1.75 bits per heavy atom. The number of benzene rings is 2. The van der Waals surface area contributed by atoms with Gasteiger partial charge in [0.25, 0.3) is 0 Å². The number of carbonyl (C=O) groups excluding carboxylic acids is 1. The van der Waals surface area contributed by atoms with Gasteiger partial charge >= 0.3 is 0 Å². The highest BCUT2D eigenvalue weighted by molar-refractivity contribution is 5.95. The first-order chi connectivity index (χ1) is 13.7. The van der Waals surface area contributed by atoms with E-state index in [9.17, 15) is 4.79 Å². The van der Waals surface area contributed by atoms with Gasteiger partial charge in [0.05, 0.1) is 25.4 Å². The number of unbranched alkanes of at least 4 members (excludes halogenated alkanes) is 4. The molecule has 0 atom stereocenters. The Morgan fingerprint density at radius 1 is 0.929 bits per heavy atom. The lowest BCUT2D eigenvalue weighted by atomic mass is 10.2. The number of hydrogen-bond acceptors (Lipinski definition) is 4. The van der Waals surface area contributed by atoms with Gasteiger partial charge in [-0.15, -0.1) is 0 Å². The van der Waals surface area contributed by atoms with Crippen molar-refractivity contribution in [3.63, 3.8) is 0 Å². The molecular weight excluding hydrogens is 352 g/mol. The molecule has 0 saturated carbocycles. The largest absolute Gasteiger partial charge is 0.494 e. The molecular formula is C23H32N2O3. The molecule has 0 aromatic heterocycles. The van der Waals surface area contributed by atoms with Gasteiger partial charge in [0.1, 0.15) is 11.5 Å². The zero-order chi connectivity index (χ0) is 20.0. The molecule has 5 nitrogen and oxygen atoms in total. The minimum atomic E-state index is -0.130. The molecule has 152 valence electrons. The van der Waals surface area contributed by atoms with Gasteiger partial charge in [0, 0.05) is 11.8 Å². The Morgan fingerprint density at radius 3 is 2.57 bits per heavy atom. The molecule has 28 heavy (non-hydrogen) atoms. The van der Waals surface area contributed by atoms with Crippen LogP contribution in [0.1, 0.15) is 46.0 Å². The Labute approximate surface area is 168 Å². The van der Waals surface area contributed by atoms with Crippen molar-refractivity contribution in [2.24, 2.45) is 0 Å². The molecule has 0 saturated heterocycles. The van der Waals surface area contributed by atoms with Gasteiger partial charge in [-0.3, -0.25) is 4.79 Å².